The van der Waals surface area contributed by atoms with E-state index in [9.17, 15) is 31.6 Å². The summed E-state index contributed by atoms with van der Waals surface area (Å²) in [6.45, 7) is 1.76. The summed E-state index contributed by atoms with van der Waals surface area (Å²) in [4.78, 5) is 14.4. The molecule has 0 unspecified atom stereocenters. The van der Waals surface area contributed by atoms with Gasteiger partial charge in [0.1, 0.15) is 17.3 Å². The van der Waals surface area contributed by atoms with E-state index in [2.05, 4.69) is 0 Å². The lowest BCUT2D eigenvalue weighted by atomic mass is 10.1. The van der Waals surface area contributed by atoms with Crippen LogP contribution in [0.25, 0.3) is 10.9 Å². The highest BCUT2D eigenvalue weighted by molar-refractivity contribution is 7.90. The Morgan fingerprint density at radius 1 is 1.09 bits per heavy atom. The number of carbonyl (C=O) groups is 1. The van der Waals surface area contributed by atoms with Crippen molar-refractivity contribution in [1.82, 2.24) is 8.87 Å². The molecule has 0 fully saturated rings. The molecule has 0 aliphatic rings. The molecule has 32 heavy (non-hydrogen) atoms. The number of hydrogen-bond acceptors (Lipinski definition) is 5. The molecule has 0 aliphatic heterocycles. The van der Waals surface area contributed by atoms with Crippen molar-refractivity contribution in [2.75, 3.05) is 14.1 Å². The summed E-state index contributed by atoms with van der Waals surface area (Å²) in [6.07, 6.45) is -3.44. The van der Waals surface area contributed by atoms with Gasteiger partial charge in [-0.1, -0.05) is 17.7 Å². The van der Waals surface area contributed by atoms with Crippen LogP contribution in [-0.4, -0.2) is 37.2 Å². The van der Waals surface area contributed by atoms with Crippen LogP contribution in [0.15, 0.2) is 65.2 Å². The number of carbonyl (C=O) groups excluding carboxylic acids is 1. The number of nitrogens with zero attached hydrogens (tertiary/aromatic N) is 3. The Hall–Kier alpha value is -3.58. The van der Waals surface area contributed by atoms with Crippen LogP contribution in [0.5, 0.6) is 0 Å². The Kier molecular flexibility index (Phi) is 5.89. The zero-order valence-corrected chi connectivity index (χ0v) is 18.1. The Bertz CT molecular complexity index is 1380. The van der Waals surface area contributed by atoms with Gasteiger partial charge in [-0.2, -0.15) is 18.4 Å². The van der Waals surface area contributed by atoms with E-state index in [0.29, 0.717) is 3.97 Å². The van der Waals surface area contributed by atoms with Crippen LogP contribution in [0.1, 0.15) is 21.6 Å². The second kappa shape index (κ2) is 8.16. The molecule has 3 rings (SSSR count). The fourth-order valence-electron chi connectivity index (χ4n) is 3.13. The lowest BCUT2D eigenvalue weighted by Gasteiger charge is -2.13. The van der Waals surface area contributed by atoms with Crippen molar-refractivity contribution in [3.63, 3.8) is 0 Å². The van der Waals surface area contributed by atoms with Crippen LogP contribution in [0.2, 0.25) is 0 Å². The number of hydrogen-bond donors (Lipinski definition) is 0. The third kappa shape index (κ3) is 4.24. The third-order valence-corrected chi connectivity index (χ3v) is 6.37. The molecular formula is C22H18F3N3O3S. The number of alkyl halides is 3. The first kappa shape index (κ1) is 23.1. The highest BCUT2D eigenvalue weighted by atomic mass is 32.2. The molecule has 0 atom stereocenters. The lowest BCUT2D eigenvalue weighted by Crippen LogP contribution is -2.20. The van der Waals surface area contributed by atoms with Gasteiger partial charge < -0.3 is 4.90 Å². The van der Waals surface area contributed by atoms with Gasteiger partial charge in [0.2, 0.25) is 5.78 Å². The number of nitriles is 1. The van der Waals surface area contributed by atoms with Crippen molar-refractivity contribution >= 4 is 26.7 Å². The molecule has 0 radical (unpaired) electrons. The first-order valence-corrected chi connectivity index (χ1v) is 10.7. The maximum absolute atomic E-state index is 13.4. The van der Waals surface area contributed by atoms with Crippen LogP contribution in [0, 0.1) is 18.3 Å². The number of fused-ring (bicyclic) bond motifs is 1. The molecule has 3 aromatic rings. The maximum atomic E-state index is 13.4. The molecule has 1 heterocycles. The van der Waals surface area contributed by atoms with E-state index in [0.717, 1.165) is 29.8 Å². The monoisotopic (exact) mass is 461 g/mol. The molecule has 10 heteroatoms. The van der Waals surface area contributed by atoms with Crippen molar-refractivity contribution in [3.05, 3.63) is 77.1 Å². The van der Waals surface area contributed by atoms with Gasteiger partial charge in [-0.05, 0) is 43.3 Å². The summed E-state index contributed by atoms with van der Waals surface area (Å²) < 4.78 is 67.1. The normalized spacial score (nSPS) is 12.6. The summed E-state index contributed by atoms with van der Waals surface area (Å²) in [5, 5.41) is 9.30. The van der Waals surface area contributed by atoms with Crippen LogP contribution >= 0.6 is 0 Å². The fourth-order valence-corrected chi connectivity index (χ4v) is 4.64. The van der Waals surface area contributed by atoms with Crippen molar-refractivity contribution < 1.29 is 26.4 Å². The molecule has 0 bridgehead atoms. The number of rotatable bonds is 5. The second-order valence-corrected chi connectivity index (χ2v) is 9.12. The molecule has 0 spiro atoms. The van der Waals surface area contributed by atoms with Gasteiger partial charge in [-0.15, -0.1) is 0 Å². The number of ketones is 1. The Morgan fingerprint density at radius 2 is 1.72 bits per heavy atom. The minimum atomic E-state index is -4.65. The molecule has 2 aromatic carbocycles. The number of aryl methyl sites for hydroxylation is 1. The predicted octanol–water partition coefficient (Wildman–Crippen LogP) is 4.36. The summed E-state index contributed by atoms with van der Waals surface area (Å²) in [6, 6.07) is 11.1. The largest absolute Gasteiger partial charge is 0.416 e. The second-order valence-electron chi connectivity index (χ2n) is 7.33. The number of benzene rings is 2. The molecular weight excluding hydrogens is 443 g/mol. The molecule has 0 amide bonds. The van der Waals surface area contributed by atoms with Crippen molar-refractivity contribution in [3.8, 4) is 6.07 Å². The fraction of sp³-hybridized carbons (Fsp3) is 0.182. The molecule has 0 N–H and O–H groups in total. The number of aromatic nitrogens is 1. The first-order valence-electron chi connectivity index (χ1n) is 9.24. The van der Waals surface area contributed by atoms with Gasteiger partial charge in [0, 0.05) is 25.7 Å². The maximum Gasteiger partial charge on any atom is 0.416 e. The van der Waals surface area contributed by atoms with E-state index in [-0.39, 0.29) is 21.4 Å². The van der Waals surface area contributed by atoms with Gasteiger partial charge in [-0.25, -0.2) is 12.4 Å². The lowest BCUT2D eigenvalue weighted by molar-refractivity contribution is -0.137. The molecule has 0 saturated carbocycles. The first-order chi connectivity index (χ1) is 14.9. The molecule has 0 saturated heterocycles. The summed E-state index contributed by atoms with van der Waals surface area (Å²) in [5.41, 5.74) is -1.10. The minimum Gasteiger partial charge on any atom is -0.382 e. The van der Waals surface area contributed by atoms with E-state index in [1.807, 2.05) is 0 Å². The van der Waals surface area contributed by atoms with Crippen LogP contribution < -0.4 is 0 Å². The molecule has 0 aliphatic carbocycles. The van der Waals surface area contributed by atoms with E-state index in [1.165, 1.54) is 23.2 Å². The smallest absolute Gasteiger partial charge is 0.382 e. The molecule has 166 valence electrons. The SMILES string of the molecule is Cc1ccc(S(=O)(=O)n2c(C(=O)C(C#N)=CN(C)C)cc3cc(C(F)(F)F)ccc32)cc1. The van der Waals surface area contributed by atoms with E-state index >= 15 is 0 Å². The van der Waals surface area contributed by atoms with E-state index < -0.39 is 33.2 Å². The predicted molar refractivity (Wildman–Crippen MR) is 112 cm³/mol. The van der Waals surface area contributed by atoms with Crippen molar-refractivity contribution in [1.29, 1.82) is 5.26 Å². The standard InChI is InChI=1S/C22H18F3N3O3S/c1-14-4-7-18(8-5-14)32(30,31)28-19-9-6-17(22(23,24)25)10-15(19)11-20(28)21(29)16(12-26)13-27(2)3/h4-11,13H,1-3H3. The number of halogens is 3. The average Bonchev–Trinajstić information content (AvgIpc) is 3.10. The Morgan fingerprint density at radius 3 is 2.25 bits per heavy atom. The summed E-state index contributed by atoms with van der Waals surface area (Å²) in [5.74, 6) is -0.929. The summed E-state index contributed by atoms with van der Waals surface area (Å²) >= 11 is 0. The van der Waals surface area contributed by atoms with Crippen molar-refractivity contribution in [2.24, 2.45) is 0 Å². The van der Waals surface area contributed by atoms with Gasteiger partial charge in [-0.3, -0.25) is 4.79 Å². The molecule has 1 aromatic heterocycles. The molecule has 6 nitrogen and oxygen atoms in total. The average molecular weight is 461 g/mol. The van der Waals surface area contributed by atoms with Crippen LogP contribution in [0.3, 0.4) is 0 Å². The minimum absolute atomic E-state index is 0.0963. The highest BCUT2D eigenvalue weighted by Crippen LogP contribution is 2.34. The Labute approximate surface area is 182 Å². The van der Waals surface area contributed by atoms with Crippen LogP contribution in [-0.2, 0) is 16.2 Å². The number of Topliss-reactive ketones (excluding diaryl/α,β-unsaturated/α-hetero) is 1. The van der Waals surface area contributed by atoms with E-state index in [4.69, 9.17) is 0 Å². The van der Waals surface area contributed by atoms with Gasteiger partial charge in [0.05, 0.1) is 16.0 Å². The van der Waals surface area contributed by atoms with Crippen LogP contribution in [0.4, 0.5) is 13.2 Å². The zero-order chi connectivity index (χ0) is 23.8. The third-order valence-electron chi connectivity index (χ3n) is 4.63. The summed E-state index contributed by atoms with van der Waals surface area (Å²) in [7, 11) is -1.23. The Balaban J connectivity index is 2.36. The van der Waals surface area contributed by atoms with E-state index in [1.54, 1.807) is 39.2 Å². The quantitative estimate of drug-likeness (QED) is 0.320. The van der Waals surface area contributed by atoms with Gasteiger partial charge in [0.25, 0.3) is 10.0 Å². The zero-order valence-electron chi connectivity index (χ0n) is 17.3. The van der Waals surface area contributed by atoms with Gasteiger partial charge in [0.15, 0.2) is 0 Å². The number of allylic oxidation sites excluding steroid dienone is 1. The highest BCUT2D eigenvalue weighted by Gasteiger charge is 2.33. The van der Waals surface area contributed by atoms with Gasteiger partial charge >= 0.3 is 6.18 Å². The van der Waals surface area contributed by atoms with Crippen molar-refractivity contribution in [2.45, 2.75) is 18.0 Å². The topological polar surface area (TPSA) is 83.2 Å².